The second-order valence-electron chi connectivity index (χ2n) is 5.35. The molecule has 128 valence electrons. The van der Waals surface area contributed by atoms with Gasteiger partial charge in [0.25, 0.3) is 5.91 Å². The van der Waals surface area contributed by atoms with E-state index in [1.807, 2.05) is 0 Å². The van der Waals surface area contributed by atoms with E-state index >= 15 is 0 Å². The number of rotatable bonds is 6. The number of benzene rings is 1. The van der Waals surface area contributed by atoms with E-state index in [2.05, 4.69) is 15.5 Å². The Kier molecular flexibility index (Phi) is 5.15. The van der Waals surface area contributed by atoms with E-state index in [1.165, 1.54) is 25.3 Å². The summed E-state index contributed by atoms with van der Waals surface area (Å²) in [4.78, 5) is 16.5. The Morgan fingerprint density at radius 3 is 2.56 bits per heavy atom. The Bertz CT molecular complexity index is 834. The summed E-state index contributed by atoms with van der Waals surface area (Å²) in [5, 5.41) is 6.64. The summed E-state index contributed by atoms with van der Waals surface area (Å²) in [5.74, 6) is -0.295. The zero-order chi connectivity index (χ0) is 17.6. The summed E-state index contributed by atoms with van der Waals surface area (Å²) < 4.78 is 23.2. The van der Waals surface area contributed by atoms with E-state index < -0.39 is 11.9 Å². The van der Waals surface area contributed by atoms with Crippen LogP contribution < -0.4 is 5.32 Å². The molecule has 7 heteroatoms. The van der Waals surface area contributed by atoms with Gasteiger partial charge in [-0.25, -0.2) is 4.39 Å². The maximum atomic E-state index is 13.2. The van der Waals surface area contributed by atoms with Gasteiger partial charge >= 0.3 is 0 Å². The van der Waals surface area contributed by atoms with Crippen molar-refractivity contribution < 1.29 is 18.4 Å². The lowest BCUT2D eigenvalue weighted by Gasteiger charge is -2.19. The molecule has 0 fully saturated rings. The Labute approximate surface area is 143 Å². The quantitative estimate of drug-likeness (QED) is 0.746. The zero-order valence-electron chi connectivity index (χ0n) is 13.5. The smallest absolute Gasteiger partial charge is 0.274 e. The topological polar surface area (TPSA) is 77.2 Å². The number of nitrogens with zero attached hydrogens (tertiary/aromatic N) is 2. The lowest BCUT2D eigenvalue weighted by molar-refractivity contribution is 0.0933. The van der Waals surface area contributed by atoms with Gasteiger partial charge in [-0.2, -0.15) is 0 Å². The van der Waals surface area contributed by atoms with Gasteiger partial charge in [-0.1, -0.05) is 17.3 Å². The average Bonchev–Trinajstić information content (AvgIpc) is 3.10. The zero-order valence-corrected chi connectivity index (χ0v) is 13.5. The van der Waals surface area contributed by atoms with Crippen LogP contribution in [0.15, 0.2) is 59.4 Å². The van der Waals surface area contributed by atoms with Gasteiger partial charge in [0.1, 0.15) is 12.4 Å². The first-order valence-corrected chi connectivity index (χ1v) is 7.58. The van der Waals surface area contributed by atoms with Gasteiger partial charge in [0.2, 0.25) is 0 Å². The molecule has 1 aromatic carbocycles. The number of hydrogen-bond donors (Lipinski definition) is 1. The van der Waals surface area contributed by atoms with Crippen molar-refractivity contribution in [3.05, 3.63) is 83.3 Å². The summed E-state index contributed by atoms with van der Waals surface area (Å²) in [6.45, 7) is 0.228. The third-order valence-corrected chi connectivity index (χ3v) is 3.60. The van der Waals surface area contributed by atoms with E-state index in [1.54, 1.807) is 36.7 Å². The van der Waals surface area contributed by atoms with Gasteiger partial charge in [0.15, 0.2) is 11.5 Å². The lowest BCUT2D eigenvalue weighted by Crippen LogP contribution is -2.29. The minimum Gasteiger partial charge on any atom is -0.377 e. The van der Waals surface area contributed by atoms with E-state index in [4.69, 9.17) is 9.26 Å². The fourth-order valence-corrected chi connectivity index (χ4v) is 2.41. The van der Waals surface area contributed by atoms with Gasteiger partial charge < -0.3 is 14.6 Å². The molecule has 0 radical (unpaired) electrons. The number of amides is 1. The molecular weight excluding hydrogens is 325 g/mol. The van der Waals surface area contributed by atoms with E-state index in [0.29, 0.717) is 5.76 Å². The van der Waals surface area contributed by atoms with Crippen LogP contribution in [0.5, 0.6) is 0 Å². The molecule has 0 aliphatic carbocycles. The van der Waals surface area contributed by atoms with E-state index in [9.17, 15) is 9.18 Å². The largest absolute Gasteiger partial charge is 0.377 e. The van der Waals surface area contributed by atoms with Gasteiger partial charge in [-0.05, 0) is 35.4 Å². The summed E-state index contributed by atoms with van der Waals surface area (Å²) in [7, 11) is 1.52. The number of hydrogen-bond acceptors (Lipinski definition) is 5. The maximum Gasteiger partial charge on any atom is 0.274 e. The highest BCUT2D eigenvalue weighted by Gasteiger charge is 2.20. The third-order valence-electron chi connectivity index (χ3n) is 3.60. The van der Waals surface area contributed by atoms with Crippen molar-refractivity contribution in [1.29, 1.82) is 0 Å². The molecule has 1 amide bonds. The molecule has 0 aliphatic rings. The molecule has 2 aromatic heterocycles. The van der Waals surface area contributed by atoms with Crippen molar-refractivity contribution in [2.45, 2.75) is 12.6 Å². The number of nitrogens with one attached hydrogen (secondary N) is 1. The van der Waals surface area contributed by atoms with Crippen molar-refractivity contribution in [2.24, 2.45) is 0 Å². The van der Waals surface area contributed by atoms with Gasteiger partial charge in [0, 0.05) is 25.6 Å². The predicted molar refractivity (Wildman–Crippen MR) is 87.2 cm³/mol. The minimum absolute atomic E-state index is 0.146. The minimum atomic E-state index is -0.473. The van der Waals surface area contributed by atoms with Gasteiger partial charge in [-0.3, -0.25) is 9.78 Å². The fourth-order valence-electron chi connectivity index (χ4n) is 2.41. The summed E-state index contributed by atoms with van der Waals surface area (Å²) in [6, 6.07) is 10.6. The van der Waals surface area contributed by atoms with E-state index in [0.717, 1.165) is 11.1 Å². The van der Waals surface area contributed by atoms with Crippen molar-refractivity contribution in [3.8, 4) is 0 Å². The van der Waals surface area contributed by atoms with Crippen molar-refractivity contribution >= 4 is 5.91 Å². The van der Waals surface area contributed by atoms with Crippen LogP contribution in [0, 0.1) is 5.82 Å². The average molecular weight is 341 g/mol. The standard InChI is InChI=1S/C18H16FN3O3/c1-24-11-15-10-16(22-25-15)18(23)21-17(13-6-8-20-9-7-13)12-2-4-14(19)5-3-12/h2-10,17H,11H2,1H3,(H,21,23)/t17-/m0/s1. The summed E-state index contributed by atoms with van der Waals surface area (Å²) in [6.07, 6.45) is 3.26. The van der Waals surface area contributed by atoms with Crippen LogP contribution in [-0.4, -0.2) is 23.2 Å². The Balaban J connectivity index is 1.86. The summed E-state index contributed by atoms with van der Waals surface area (Å²) >= 11 is 0. The van der Waals surface area contributed by atoms with E-state index in [-0.39, 0.29) is 18.1 Å². The van der Waals surface area contributed by atoms with Gasteiger partial charge in [-0.15, -0.1) is 0 Å². The molecule has 1 N–H and O–H groups in total. The predicted octanol–water partition coefficient (Wildman–Crippen LogP) is 2.87. The lowest BCUT2D eigenvalue weighted by atomic mass is 9.99. The number of aromatic nitrogens is 2. The number of halogens is 1. The summed E-state index contributed by atoms with van der Waals surface area (Å²) in [5.41, 5.74) is 1.70. The third kappa shape index (κ3) is 4.07. The van der Waals surface area contributed by atoms with Crippen LogP contribution in [0.1, 0.15) is 33.4 Å². The van der Waals surface area contributed by atoms with Crippen molar-refractivity contribution in [3.63, 3.8) is 0 Å². The molecule has 6 nitrogen and oxygen atoms in total. The highest BCUT2D eigenvalue weighted by Crippen LogP contribution is 2.22. The number of methoxy groups -OCH3 is 1. The van der Waals surface area contributed by atoms with Crippen molar-refractivity contribution in [2.75, 3.05) is 7.11 Å². The molecule has 0 bridgehead atoms. The molecule has 2 heterocycles. The van der Waals surface area contributed by atoms with Gasteiger partial charge in [0.05, 0.1) is 6.04 Å². The number of carbonyl (C=O) groups excluding carboxylic acids is 1. The molecule has 1 atom stereocenters. The molecule has 3 aromatic rings. The molecule has 0 spiro atoms. The maximum absolute atomic E-state index is 13.2. The van der Waals surface area contributed by atoms with Crippen LogP contribution in [0.25, 0.3) is 0 Å². The number of pyridine rings is 1. The van der Waals surface area contributed by atoms with Crippen LogP contribution in [-0.2, 0) is 11.3 Å². The molecule has 3 rings (SSSR count). The van der Waals surface area contributed by atoms with Crippen LogP contribution >= 0.6 is 0 Å². The van der Waals surface area contributed by atoms with Crippen LogP contribution in [0.4, 0.5) is 4.39 Å². The Hall–Kier alpha value is -3.06. The molecule has 25 heavy (non-hydrogen) atoms. The van der Waals surface area contributed by atoms with Crippen LogP contribution in [0.3, 0.4) is 0 Å². The highest BCUT2D eigenvalue weighted by atomic mass is 19.1. The van der Waals surface area contributed by atoms with Crippen LogP contribution in [0.2, 0.25) is 0 Å². The van der Waals surface area contributed by atoms with Crippen molar-refractivity contribution in [1.82, 2.24) is 15.5 Å². The second-order valence-corrected chi connectivity index (χ2v) is 5.35. The highest BCUT2D eigenvalue weighted by molar-refractivity contribution is 5.92. The molecule has 0 aliphatic heterocycles. The SMILES string of the molecule is COCc1cc(C(=O)N[C@H](c2ccncc2)c2ccc(F)cc2)no1. The molecule has 0 saturated carbocycles. The first-order valence-electron chi connectivity index (χ1n) is 7.58. The number of ether oxygens (including phenoxy) is 1. The second kappa shape index (κ2) is 7.67. The molecule has 0 unspecified atom stereocenters. The molecule has 0 saturated heterocycles. The molecular formula is C18H16FN3O3. The number of carbonyl (C=O) groups is 1. The first kappa shape index (κ1) is 16.8. The Morgan fingerprint density at radius 2 is 1.88 bits per heavy atom. The fraction of sp³-hybridized carbons (Fsp3) is 0.167. The monoisotopic (exact) mass is 341 g/mol. The Morgan fingerprint density at radius 1 is 1.20 bits per heavy atom. The normalized spacial score (nSPS) is 11.9. The first-order chi connectivity index (χ1) is 12.2.